The van der Waals surface area contributed by atoms with Crippen molar-refractivity contribution in [2.75, 3.05) is 60.2 Å². The quantitative estimate of drug-likeness (QED) is 0.392. The SMILES string of the molecule is CN=C(NCc1cccc(OCCCOC)c1)N1CCN(C(=O)C2CCCO2)CC1. The van der Waals surface area contributed by atoms with E-state index < -0.39 is 0 Å². The number of carbonyl (C=O) groups is 1. The second-order valence-electron chi connectivity index (χ2n) is 7.56. The molecule has 2 saturated heterocycles. The Morgan fingerprint density at radius 1 is 1.23 bits per heavy atom. The molecule has 8 nitrogen and oxygen atoms in total. The highest BCUT2D eigenvalue weighted by Crippen LogP contribution is 2.16. The number of nitrogens with one attached hydrogen (secondary N) is 1. The van der Waals surface area contributed by atoms with Crippen LogP contribution < -0.4 is 10.1 Å². The molecule has 0 aromatic heterocycles. The lowest BCUT2D eigenvalue weighted by Crippen LogP contribution is -2.55. The van der Waals surface area contributed by atoms with E-state index in [2.05, 4.69) is 21.3 Å². The molecule has 0 spiro atoms. The smallest absolute Gasteiger partial charge is 0.251 e. The molecule has 30 heavy (non-hydrogen) atoms. The van der Waals surface area contributed by atoms with Crippen molar-refractivity contribution in [3.63, 3.8) is 0 Å². The van der Waals surface area contributed by atoms with Crippen LogP contribution in [0.1, 0.15) is 24.8 Å². The molecule has 2 fully saturated rings. The fourth-order valence-corrected chi connectivity index (χ4v) is 3.77. The first-order chi connectivity index (χ1) is 14.7. The van der Waals surface area contributed by atoms with Gasteiger partial charge in [-0.2, -0.15) is 0 Å². The molecular weight excluding hydrogens is 384 g/mol. The van der Waals surface area contributed by atoms with Crippen LogP contribution in [0.2, 0.25) is 0 Å². The molecule has 0 saturated carbocycles. The van der Waals surface area contributed by atoms with Crippen LogP contribution in [0, 0.1) is 0 Å². The molecule has 166 valence electrons. The summed E-state index contributed by atoms with van der Waals surface area (Å²) in [5.41, 5.74) is 1.13. The molecule has 1 aromatic carbocycles. The van der Waals surface area contributed by atoms with Crippen molar-refractivity contribution in [1.82, 2.24) is 15.1 Å². The molecule has 2 aliphatic rings. The monoisotopic (exact) mass is 418 g/mol. The number of hydrogen-bond acceptors (Lipinski definition) is 5. The van der Waals surface area contributed by atoms with Gasteiger partial charge < -0.3 is 29.3 Å². The number of aliphatic imine (C=N–C) groups is 1. The summed E-state index contributed by atoms with van der Waals surface area (Å²) >= 11 is 0. The van der Waals surface area contributed by atoms with E-state index in [9.17, 15) is 4.79 Å². The molecule has 1 aromatic rings. The molecule has 8 heteroatoms. The maximum atomic E-state index is 12.5. The fourth-order valence-electron chi connectivity index (χ4n) is 3.77. The lowest BCUT2D eigenvalue weighted by Gasteiger charge is -2.37. The van der Waals surface area contributed by atoms with Crippen molar-refractivity contribution in [2.45, 2.75) is 31.9 Å². The van der Waals surface area contributed by atoms with E-state index in [1.165, 1.54) is 0 Å². The number of carbonyl (C=O) groups excluding carboxylic acids is 1. The Hall–Kier alpha value is -2.32. The zero-order valence-electron chi connectivity index (χ0n) is 18.1. The standard InChI is InChI=1S/C22H34N4O4/c1-23-22(24-17-18-6-3-7-19(16-18)29-15-5-13-28-2)26-11-9-25(10-12-26)21(27)20-8-4-14-30-20/h3,6-7,16,20H,4-5,8-15,17H2,1-2H3,(H,23,24). The molecule has 0 aliphatic carbocycles. The van der Waals surface area contributed by atoms with Gasteiger partial charge in [-0.05, 0) is 30.5 Å². The van der Waals surface area contributed by atoms with Crippen molar-refractivity contribution in [2.24, 2.45) is 4.99 Å². The number of rotatable bonds is 8. The molecule has 1 atom stereocenters. The van der Waals surface area contributed by atoms with E-state index in [0.29, 0.717) is 39.5 Å². The Morgan fingerprint density at radius 3 is 2.73 bits per heavy atom. The zero-order chi connectivity index (χ0) is 21.2. The van der Waals surface area contributed by atoms with Gasteiger partial charge >= 0.3 is 0 Å². The van der Waals surface area contributed by atoms with E-state index in [4.69, 9.17) is 14.2 Å². The lowest BCUT2D eigenvalue weighted by molar-refractivity contribution is -0.142. The van der Waals surface area contributed by atoms with Crippen molar-refractivity contribution in [1.29, 1.82) is 0 Å². The van der Waals surface area contributed by atoms with Gasteiger partial charge in [0.15, 0.2) is 5.96 Å². The predicted octanol–water partition coefficient (Wildman–Crippen LogP) is 1.50. The van der Waals surface area contributed by atoms with E-state index in [1.807, 2.05) is 23.1 Å². The van der Waals surface area contributed by atoms with E-state index in [0.717, 1.165) is 49.6 Å². The number of hydrogen-bond donors (Lipinski definition) is 1. The van der Waals surface area contributed by atoms with Crippen LogP contribution in [-0.2, 0) is 20.8 Å². The highest BCUT2D eigenvalue weighted by molar-refractivity contribution is 5.82. The number of nitrogens with zero attached hydrogens (tertiary/aromatic N) is 3. The number of benzene rings is 1. The third-order valence-corrected chi connectivity index (χ3v) is 5.42. The lowest BCUT2D eigenvalue weighted by atomic mass is 10.2. The van der Waals surface area contributed by atoms with Crippen molar-refractivity contribution >= 4 is 11.9 Å². The molecule has 0 radical (unpaired) electrons. The summed E-state index contributed by atoms with van der Waals surface area (Å²) in [4.78, 5) is 21.1. The van der Waals surface area contributed by atoms with Gasteiger partial charge in [-0.3, -0.25) is 9.79 Å². The Balaban J connectivity index is 1.44. The second-order valence-corrected chi connectivity index (χ2v) is 7.56. The molecule has 0 bridgehead atoms. The predicted molar refractivity (Wildman–Crippen MR) is 116 cm³/mol. The third-order valence-electron chi connectivity index (χ3n) is 5.42. The minimum atomic E-state index is -0.238. The van der Waals surface area contributed by atoms with Crippen LogP contribution in [0.15, 0.2) is 29.3 Å². The number of methoxy groups -OCH3 is 1. The van der Waals surface area contributed by atoms with E-state index in [1.54, 1.807) is 14.2 Å². The van der Waals surface area contributed by atoms with Gasteiger partial charge in [-0.15, -0.1) is 0 Å². The molecule has 1 amide bonds. The maximum absolute atomic E-state index is 12.5. The van der Waals surface area contributed by atoms with E-state index >= 15 is 0 Å². The zero-order valence-corrected chi connectivity index (χ0v) is 18.1. The number of guanidine groups is 1. The normalized spacial score (nSPS) is 19.8. The number of piperazine rings is 1. The van der Waals surface area contributed by atoms with Crippen molar-refractivity contribution in [3.8, 4) is 5.75 Å². The molecule has 1 unspecified atom stereocenters. The van der Waals surface area contributed by atoms with Crippen LogP contribution in [0.3, 0.4) is 0 Å². The van der Waals surface area contributed by atoms with Crippen molar-refractivity contribution < 1.29 is 19.0 Å². The summed E-state index contributed by atoms with van der Waals surface area (Å²) < 4.78 is 16.4. The Labute approximate surface area is 179 Å². The Bertz CT molecular complexity index is 698. The summed E-state index contributed by atoms with van der Waals surface area (Å²) in [6.45, 7) is 5.63. The average Bonchev–Trinajstić information content (AvgIpc) is 3.32. The summed E-state index contributed by atoms with van der Waals surface area (Å²) in [5, 5.41) is 3.43. The summed E-state index contributed by atoms with van der Waals surface area (Å²) in [6, 6.07) is 8.09. The van der Waals surface area contributed by atoms with Crippen LogP contribution in [0.25, 0.3) is 0 Å². The van der Waals surface area contributed by atoms with Gasteiger partial charge in [0.1, 0.15) is 11.9 Å². The molecule has 3 rings (SSSR count). The summed E-state index contributed by atoms with van der Waals surface area (Å²) in [6.07, 6.45) is 2.45. The minimum absolute atomic E-state index is 0.136. The largest absolute Gasteiger partial charge is 0.493 e. The number of ether oxygens (including phenoxy) is 3. The third kappa shape index (κ3) is 6.34. The van der Waals surface area contributed by atoms with Crippen molar-refractivity contribution in [3.05, 3.63) is 29.8 Å². The minimum Gasteiger partial charge on any atom is -0.493 e. The van der Waals surface area contributed by atoms with Gasteiger partial charge in [-0.1, -0.05) is 12.1 Å². The van der Waals surface area contributed by atoms with Gasteiger partial charge in [-0.25, -0.2) is 0 Å². The maximum Gasteiger partial charge on any atom is 0.251 e. The Morgan fingerprint density at radius 2 is 2.03 bits per heavy atom. The fraction of sp³-hybridized carbons (Fsp3) is 0.636. The Kier molecular flexibility index (Phi) is 8.77. The first-order valence-electron chi connectivity index (χ1n) is 10.8. The highest BCUT2D eigenvalue weighted by atomic mass is 16.5. The van der Waals surface area contributed by atoms with Gasteiger partial charge in [0.25, 0.3) is 5.91 Å². The topological polar surface area (TPSA) is 75.6 Å². The highest BCUT2D eigenvalue weighted by Gasteiger charge is 2.30. The van der Waals surface area contributed by atoms with Gasteiger partial charge in [0.2, 0.25) is 0 Å². The van der Waals surface area contributed by atoms with Crippen LogP contribution in [0.5, 0.6) is 5.75 Å². The van der Waals surface area contributed by atoms with Crippen LogP contribution in [-0.4, -0.2) is 87.9 Å². The van der Waals surface area contributed by atoms with Crippen LogP contribution >= 0.6 is 0 Å². The molecule has 1 N–H and O–H groups in total. The first-order valence-corrected chi connectivity index (χ1v) is 10.8. The van der Waals surface area contributed by atoms with Gasteiger partial charge in [0, 0.05) is 66.5 Å². The average molecular weight is 419 g/mol. The molecule has 2 aliphatic heterocycles. The van der Waals surface area contributed by atoms with Gasteiger partial charge in [0.05, 0.1) is 6.61 Å². The first kappa shape index (κ1) is 22.4. The molecular formula is C22H34N4O4. The summed E-state index contributed by atoms with van der Waals surface area (Å²) in [5.74, 6) is 1.85. The second kappa shape index (κ2) is 11.8. The number of amides is 1. The molecule has 2 heterocycles. The summed E-state index contributed by atoms with van der Waals surface area (Å²) in [7, 11) is 3.49. The van der Waals surface area contributed by atoms with Crippen LogP contribution in [0.4, 0.5) is 0 Å². The van der Waals surface area contributed by atoms with E-state index in [-0.39, 0.29) is 12.0 Å².